The Labute approximate surface area is 49.0 Å². The maximum absolute atomic E-state index is 10.5. The summed E-state index contributed by atoms with van der Waals surface area (Å²) in [5.41, 5.74) is 0. The van der Waals surface area contributed by atoms with Crippen molar-refractivity contribution in [2.24, 2.45) is 0 Å². The summed E-state index contributed by atoms with van der Waals surface area (Å²) in [5, 5.41) is 1.80. The molecule has 0 spiro atoms. The highest BCUT2D eigenvalue weighted by Gasteiger charge is 2.11. The molecule has 0 aliphatic heterocycles. The summed E-state index contributed by atoms with van der Waals surface area (Å²) in [4.78, 5) is 10.5. The molecule has 3 nitrogen and oxygen atoms in total. The van der Waals surface area contributed by atoms with E-state index in [1.807, 2.05) is 7.05 Å². The van der Waals surface area contributed by atoms with Gasteiger partial charge in [0.1, 0.15) is 0 Å². The minimum absolute atomic E-state index is 0.0694. The molecule has 0 saturated heterocycles. The average molecular weight is 118 g/mol. The molecule has 0 aromatic heterocycles. The zero-order valence-corrected chi connectivity index (χ0v) is 5.47. The van der Waals surface area contributed by atoms with Crippen molar-refractivity contribution in [1.29, 1.82) is 0 Å². The van der Waals surface area contributed by atoms with E-state index < -0.39 is 0 Å². The zero-order valence-electron chi connectivity index (χ0n) is 5.47. The summed E-state index contributed by atoms with van der Waals surface area (Å²) >= 11 is 0. The summed E-state index contributed by atoms with van der Waals surface area (Å²) in [5.74, 6) is -0.174. The molecule has 8 heavy (non-hydrogen) atoms. The van der Waals surface area contributed by atoms with Gasteiger partial charge in [-0.25, -0.2) is 4.79 Å². The Morgan fingerprint density at radius 1 is 1.75 bits per heavy atom. The van der Waals surface area contributed by atoms with Crippen LogP contribution in [0.1, 0.15) is 6.92 Å². The predicted octanol–water partition coefficient (Wildman–Crippen LogP) is -1.26. The fourth-order valence-electron chi connectivity index (χ4n) is 0.322. The van der Waals surface area contributed by atoms with E-state index in [0.29, 0.717) is 0 Å². The van der Waals surface area contributed by atoms with E-state index in [1.165, 1.54) is 7.11 Å². The van der Waals surface area contributed by atoms with Crippen LogP contribution >= 0.6 is 0 Å². The standard InChI is InChI=1S/C5H11NO2/c1-4(6-2)5(7)8-3/h4,6H,1-3H3/p+1. The number of nitrogens with two attached hydrogens (primary N) is 1. The molecule has 0 rings (SSSR count). The topological polar surface area (TPSA) is 42.9 Å². The summed E-state index contributed by atoms with van der Waals surface area (Å²) in [7, 11) is 3.23. The van der Waals surface area contributed by atoms with Gasteiger partial charge in [-0.15, -0.1) is 0 Å². The van der Waals surface area contributed by atoms with Crippen molar-refractivity contribution >= 4 is 5.97 Å². The van der Waals surface area contributed by atoms with Gasteiger partial charge in [-0.3, -0.25) is 0 Å². The zero-order chi connectivity index (χ0) is 6.57. The van der Waals surface area contributed by atoms with Crippen LogP contribution in [0.3, 0.4) is 0 Å². The van der Waals surface area contributed by atoms with Crippen molar-refractivity contribution in [1.82, 2.24) is 0 Å². The monoisotopic (exact) mass is 118 g/mol. The Balaban J connectivity index is 3.46. The molecule has 3 heteroatoms. The summed E-state index contributed by atoms with van der Waals surface area (Å²) in [6, 6.07) is -0.0694. The molecule has 0 heterocycles. The smallest absolute Gasteiger partial charge is 0.364 e. The highest BCUT2D eigenvalue weighted by molar-refractivity contribution is 5.73. The molecule has 48 valence electrons. The van der Waals surface area contributed by atoms with Crippen LogP contribution in [0.15, 0.2) is 0 Å². The number of methoxy groups -OCH3 is 1. The van der Waals surface area contributed by atoms with Crippen LogP contribution in [0.25, 0.3) is 0 Å². The van der Waals surface area contributed by atoms with Crippen molar-refractivity contribution in [2.45, 2.75) is 13.0 Å². The number of hydrogen-bond acceptors (Lipinski definition) is 2. The molecule has 0 saturated carbocycles. The van der Waals surface area contributed by atoms with Gasteiger partial charge >= 0.3 is 5.97 Å². The first-order valence-corrected chi connectivity index (χ1v) is 2.59. The lowest BCUT2D eigenvalue weighted by Gasteiger charge is -2.01. The van der Waals surface area contributed by atoms with Gasteiger partial charge in [0, 0.05) is 0 Å². The summed E-state index contributed by atoms with van der Waals surface area (Å²) < 4.78 is 4.43. The Morgan fingerprint density at radius 3 is 2.38 bits per heavy atom. The lowest BCUT2D eigenvalue weighted by Crippen LogP contribution is -2.87. The predicted molar refractivity (Wildman–Crippen MR) is 29.3 cm³/mol. The van der Waals surface area contributed by atoms with Gasteiger partial charge in [-0.05, 0) is 6.92 Å². The van der Waals surface area contributed by atoms with Crippen molar-refractivity contribution in [3.8, 4) is 0 Å². The van der Waals surface area contributed by atoms with Crippen LogP contribution in [0.5, 0.6) is 0 Å². The Bertz CT molecular complexity index is 82.5. The Kier molecular flexibility index (Phi) is 3.19. The number of esters is 1. The van der Waals surface area contributed by atoms with E-state index in [2.05, 4.69) is 4.74 Å². The van der Waals surface area contributed by atoms with E-state index >= 15 is 0 Å². The van der Waals surface area contributed by atoms with E-state index in [9.17, 15) is 4.79 Å². The second-order valence-electron chi connectivity index (χ2n) is 1.65. The Hall–Kier alpha value is -0.570. The largest absolute Gasteiger partial charge is 0.465 e. The highest BCUT2D eigenvalue weighted by Crippen LogP contribution is 1.75. The number of rotatable bonds is 2. The van der Waals surface area contributed by atoms with Crippen molar-refractivity contribution in [2.75, 3.05) is 14.2 Å². The molecule has 0 aliphatic rings. The first-order chi connectivity index (χ1) is 3.72. The second kappa shape index (κ2) is 3.43. The lowest BCUT2D eigenvalue weighted by atomic mass is 10.4. The molecule has 0 fully saturated rings. The van der Waals surface area contributed by atoms with Gasteiger partial charge in [0.15, 0.2) is 6.04 Å². The van der Waals surface area contributed by atoms with Crippen molar-refractivity contribution in [3.63, 3.8) is 0 Å². The second-order valence-corrected chi connectivity index (χ2v) is 1.65. The molecule has 0 aliphatic carbocycles. The van der Waals surface area contributed by atoms with E-state index in [1.54, 1.807) is 12.2 Å². The molecular formula is C5H12NO2+. The fraction of sp³-hybridized carbons (Fsp3) is 0.800. The van der Waals surface area contributed by atoms with Crippen LogP contribution in [-0.4, -0.2) is 26.2 Å². The third kappa shape index (κ3) is 1.93. The van der Waals surface area contributed by atoms with Gasteiger partial charge < -0.3 is 10.1 Å². The van der Waals surface area contributed by atoms with Crippen LogP contribution in [0, 0.1) is 0 Å². The number of carbonyl (C=O) groups excluding carboxylic acids is 1. The molecule has 2 N–H and O–H groups in total. The fourth-order valence-corrected chi connectivity index (χ4v) is 0.322. The maximum Gasteiger partial charge on any atom is 0.364 e. The first kappa shape index (κ1) is 7.43. The minimum Gasteiger partial charge on any atom is -0.465 e. The van der Waals surface area contributed by atoms with Crippen LogP contribution in [-0.2, 0) is 9.53 Å². The third-order valence-electron chi connectivity index (χ3n) is 1.07. The molecule has 1 atom stereocenters. The third-order valence-corrected chi connectivity index (χ3v) is 1.07. The van der Waals surface area contributed by atoms with E-state index in [4.69, 9.17) is 0 Å². The molecule has 0 bridgehead atoms. The quantitative estimate of drug-likeness (QED) is 0.460. The normalized spacial score (nSPS) is 12.9. The molecular weight excluding hydrogens is 106 g/mol. The summed E-state index contributed by atoms with van der Waals surface area (Å²) in [6.07, 6.45) is 0. The van der Waals surface area contributed by atoms with Gasteiger partial charge in [-0.1, -0.05) is 0 Å². The van der Waals surface area contributed by atoms with Gasteiger partial charge in [0.05, 0.1) is 14.2 Å². The molecule has 1 unspecified atom stereocenters. The van der Waals surface area contributed by atoms with Crippen molar-refractivity contribution in [3.05, 3.63) is 0 Å². The number of ether oxygens (including phenoxy) is 1. The minimum atomic E-state index is -0.174. The van der Waals surface area contributed by atoms with Gasteiger partial charge in [0.2, 0.25) is 0 Å². The molecule has 0 aromatic rings. The van der Waals surface area contributed by atoms with Gasteiger partial charge in [-0.2, -0.15) is 0 Å². The SMILES string of the molecule is C[NH2+]C(C)C(=O)OC. The molecule has 0 radical (unpaired) electrons. The van der Waals surface area contributed by atoms with E-state index in [0.717, 1.165) is 0 Å². The maximum atomic E-state index is 10.5. The number of carbonyl (C=O) groups is 1. The highest BCUT2D eigenvalue weighted by atomic mass is 16.5. The molecule has 0 amide bonds. The number of quaternary nitrogens is 1. The lowest BCUT2D eigenvalue weighted by molar-refractivity contribution is -0.648. The molecule has 0 aromatic carbocycles. The Morgan fingerprint density at radius 2 is 2.25 bits per heavy atom. The van der Waals surface area contributed by atoms with E-state index in [-0.39, 0.29) is 12.0 Å². The number of likely N-dealkylation sites (N-methyl/N-ethyl adjacent to an activating group) is 1. The average Bonchev–Trinajstić information content (AvgIpc) is 1.84. The first-order valence-electron chi connectivity index (χ1n) is 2.59. The number of hydrogen-bond donors (Lipinski definition) is 1. The van der Waals surface area contributed by atoms with Crippen LogP contribution in [0.4, 0.5) is 0 Å². The summed E-state index contributed by atoms with van der Waals surface area (Å²) in [6.45, 7) is 1.80. The van der Waals surface area contributed by atoms with Crippen molar-refractivity contribution < 1.29 is 14.8 Å². The van der Waals surface area contributed by atoms with Gasteiger partial charge in [0.25, 0.3) is 0 Å². The van der Waals surface area contributed by atoms with Crippen LogP contribution in [0.2, 0.25) is 0 Å². The van der Waals surface area contributed by atoms with Crippen LogP contribution < -0.4 is 5.32 Å².